The molecule has 1 aromatic heterocycles. The molecule has 4 N–H and O–H groups in total. The van der Waals surface area contributed by atoms with E-state index < -0.39 is 10.0 Å². The van der Waals surface area contributed by atoms with Gasteiger partial charge in [0.25, 0.3) is 0 Å². The summed E-state index contributed by atoms with van der Waals surface area (Å²) in [6.45, 7) is 0. The summed E-state index contributed by atoms with van der Waals surface area (Å²) >= 11 is 0. The maximum Gasteiger partial charge on any atom is 0.238 e. The van der Waals surface area contributed by atoms with Crippen molar-refractivity contribution >= 4 is 10.0 Å². The summed E-state index contributed by atoms with van der Waals surface area (Å²) < 4.78 is 35.7. The summed E-state index contributed by atoms with van der Waals surface area (Å²) in [6, 6.07) is 11.7. The average Bonchev–Trinajstić information content (AvgIpc) is 2.89. The van der Waals surface area contributed by atoms with Gasteiger partial charge in [-0.15, -0.1) is 0 Å². The van der Waals surface area contributed by atoms with E-state index in [0.717, 1.165) is 0 Å². The molecule has 0 saturated carbocycles. The molecule has 0 amide bonds. The van der Waals surface area contributed by atoms with Gasteiger partial charge in [-0.05, 0) is 35.4 Å². The van der Waals surface area contributed by atoms with Crippen LogP contribution in [0.4, 0.5) is 4.39 Å². The Morgan fingerprint density at radius 3 is 2.09 bits per heavy atom. The van der Waals surface area contributed by atoms with Crippen molar-refractivity contribution in [2.24, 2.45) is 5.14 Å². The van der Waals surface area contributed by atoms with E-state index in [-0.39, 0.29) is 16.6 Å². The molecule has 3 rings (SSSR count). The van der Waals surface area contributed by atoms with Crippen LogP contribution in [0.15, 0.2) is 59.6 Å². The van der Waals surface area contributed by atoms with Crippen molar-refractivity contribution in [3.05, 3.63) is 60.5 Å². The second kappa shape index (κ2) is 5.53. The normalized spacial score (nSPS) is 11.6. The quantitative estimate of drug-likeness (QED) is 0.688. The molecule has 0 unspecified atom stereocenters. The molecule has 2 aromatic carbocycles. The van der Waals surface area contributed by atoms with E-state index in [2.05, 4.69) is 4.98 Å². The largest absolute Gasteiger partial charge is 0.494 e. The van der Waals surface area contributed by atoms with E-state index in [1.54, 1.807) is 30.5 Å². The number of aromatic amines is 1. The Morgan fingerprint density at radius 1 is 0.957 bits per heavy atom. The standard InChI is InChI=1S/C16H13FN2O3S/c17-12-5-1-10(2-6-12)14-9-19-16(20)15(14)11-3-7-13(8-4-11)23(18,21)22/h1-9,19-20H,(H2,18,21,22). The number of benzene rings is 2. The lowest BCUT2D eigenvalue weighted by molar-refractivity contribution is 0.459. The van der Waals surface area contributed by atoms with Crippen LogP contribution in [0, 0.1) is 5.82 Å². The van der Waals surface area contributed by atoms with Gasteiger partial charge in [-0.2, -0.15) is 0 Å². The Kier molecular flexibility index (Phi) is 3.67. The molecule has 23 heavy (non-hydrogen) atoms. The predicted octanol–water partition coefficient (Wildman–Crippen LogP) is 2.84. The van der Waals surface area contributed by atoms with Crippen LogP contribution < -0.4 is 5.14 Å². The van der Waals surface area contributed by atoms with Crippen molar-refractivity contribution in [3.8, 4) is 28.1 Å². The summed E-state index contributed by atoms with van der Waals surface area (Å²) in [5.74, 6) is -0.416. The summed E-state index contributed by atoms with van der Waals surface area (Å²) in [6.07, 6.45) is 1.60. The number of nitrogens with one attached hydrogen (secondary N) is 1. The van der Waals surface area contributed by atoms with Gasteiger partial charge >= 0.3 is 0 Å². The first-order valence-electron chi connectivity index (χ1n) is 6.66. The Bertz CT molecular complexity index is 946. The highest BCUT2D eigenvalue weighted by atomic mass is 32.2. The summed E-state index contributed by atoms with van der Waals surface area (Å²) in [5.41, 5.74) is 2.49. The first kappa shape index (κ1) is 15.3. The number of hydrogen-bond acceptors (Lipinski definition) is 3. The van der Waals surface area contributed by atoms with Gasteiger partial charge in [-0.3, -0.25) is 0 Å². The fourth-order valence-corrected chi connectivity index (χ4v) is 2.89. The second-order valence-electron chi connectivity index (χ2n) is 5.00. The van der Waals surface area contributed by atoms with Crippen LogP contribution in [0.1, 0.15) is 0 Å². The molecule has 0 aliphatic rings. The number of aromatic nitrogens is 1. The zero-order valence-electron chi connectivity index (χ0n) is 11.8. The van der Waals surface area contributed by atoms with Gasteiger partial charge in [0, 0.05) is 11.8 Å². The van der Waals surface area contributed by atoms with Crippen LogP contribution >= 0.6 is 0 Å². The zero-order chi connectivity index (χ0) is 16.6. The molecule has 0 aliphatic heterocycles. The van der Waals surface area contributed by atoms with Gasteiger partial charge in [0.15, 0.2) is 5.88 Å². The number of aromatic hydroxyl groups is 1. The maximum absolute atomic E-state index is 13.1. The van der Waals surface area contributed by atoms with E-state index in [1.165, 1.54) is 24.3 Å². The number of halogens is 1. The van der Waals surface area contributed by atoms with Gasteiger partial charge in [0.1, 0.15) is 5.82 Å². The van der Waals surface area contributed by atoms with Crippen molar-refractivity contribution in [1.82, 2.24) is 4.98 Å². The van der Waals surface area contributed by atoms with Crippen molar-refractivity contribution in [2.75, 3.05) is 0 Å². The highest BCUT2D eigenvalue weighted by Gasteiger charge is 2.16. The molecular formula is C16H13FN2O3S. The Hall–Kier alpha value is -2.64. The van der Waals surface area contributed by atoms with Gasteiger partial charge < -0.3 is 10.1 Å². The lowest BCUT2D eigenvalue weighted by Gasteiger charge is -2.06. The smallest absolute Gasteiger partial charge is 0.238 e. The molecule has 5 nitrogen and oxygen atoms in total. The van der Waals surface area contributed by atoms with Gasteiger partial charge in [0.05, 0.1) is 10.5 Å². The highest BCUT2D eigenvalue weighted by molar-refractivity contribution is 7.89. The molecule has 7 heteroatoms. The Labute approximate surface area is 132 Å². The van der Waals surface area contributed by atoms with Crippen LogP contribution in [0.5, 0.6) is 5.88 Å². The molecule has 0 spiro atoms. The molecule has 1 heterocycles. The lowest BCUT2D eigenvalue weighted by atomic mass is 9.99. The van der Waals surface area contributed by atoms with Crippen molar-refractivity contribution < 1.29 is 17.9 Å². The van der Waals surface area contributed by atoms with Gasteiger partial charge in [-0.1, -0.05) is 24.3 Å². The molecular weight excluding hydrogens is 319 g/mol. The average molecular weight is 332 g/mol. The minimum Gasteiger partial charge on any atom is -0.494 e. The summed E-state index contributed by atoms with van der Waals surface area (Å²) in [5, 5.41) is 15.1. The van der Waals surface area contributed by atoms with Crippen LogP contribution in [0.2, 0.25) is 0 Å². The number of hydrogen-bond donors (Lipinski definition) is 3. The lowest BCUT2D eigenvalue weighted by Crippen LogP contribution is -2.11. The number of sulfonamides is 1. The number of nitrogens with two attached hydrogens (primary N) is 1. The van der Waals surface area contributed by atoms with Crippen LogP contribution in [-0.2, 0) is 10.0 Å². The molecule has 118 valence electrons. The fourth-order valence-electron chi connectivity index (χ4n) is 2.37. The Balaban J connectivity index is 2.10. The molecule has 0 radical (unpaired) electrons. The number of rotatable bonds is 3. The van der Waals surface area contributed by atoms with Crippen LogP contribution in [0.25, 0.3) is 22.3 Å². The third kappa shape index (κ3) is 2.96. The van der Waals surface area contributed by atoms with Crippen molar-refractivity contribution in [1.29, 1.82) is 0 Å². The number of primary sulfonamides is 1. The summed E-state index contributed by atoms with van der Waals surface area (Å²) in [4.78, 5) is 2.70. The maximum atomic E-state index is 13.1. The highest BCUT2D eigenvalue weighted by Crippen LogP contribution is 2.38. The fraction of sp³-hybridized carbons (Fsp3) is 0. The van der Waals surface area contributed by atoms with Crippen LogP contribution in [0.3, 0.4) is 0 Å². The monoisotopic (exact) mass is 332 g/mol. The van der Waals surface area contributed by atoms with E-state index in [4.69, 9.17) is 5.14 Å². The second-order valence-corrected chi connectivity index (χ2v) is 6.56. The number of H-pyrrole nitrogens is 1. The topological polar surface area (TPSA) is 96.2 Å². The first-order chi connectivity index (χ1) is 10.9. The minimum atomic E-state index is -3.78. The van der Waals surface area contributed by atoms with Gasteiger partial charge in [-0.25, -0.2) is 17.9 Å². The van der Waals surface area contributed by atoms with E-state index in [1.807, 2.05) is 0 Å². The van der Waals surface area contributed by atoms with Crippen molar-refractivity contribution in [3.63, 3.8) is 0 Å². The van der Waals surface area contributed by atoms with E-state index >= 15 is 0 Å². The molecule has 0 atom stereocenters. The Morgan fingerprint density at radius 2 is 1.52 bits per heavy atom. The van der Waals surface area contributed by atoms with E-state index in [0.29, 0.717) is 22.3 Å². The third-order valence-corrected chi connectivity index (χ3v) is 4.42. The van der Waals surface area contributed by atoms with Crippen molar-refractivity contribution in [2.45, 2.75) is 4.90 Å². The molecule has 0 saturated heterocycles. The molecule has 3 aromatic rings. The molecule has 0 aliphatic carbocycles. The molecule has 0 bridgehead atoms. The van der Waals surface area contributed by atoms with Crippen LogP contribution in [-0.4, -0.2) is 18.5 Å². The third-order valence-electron chi connectivity index (χ3n) is 3.49. The minimum absolute atomic E-state index is 0.0143. The SMILES string of the molecule is NS(=O)(=O)c1ccc(-c2c(-c3ccc(F)cc3)c[nH]c2O)cc1. The zero-order valence-corrected chi connectivity index (χ0v) is 12.6. The molecule has 0 fully saturated rings. The summed E-state index contributed by atoms with van der Waals surface area (Å²) in [7, 11) is -3.78. The predicted molar refractivity (Wildman–Crippen MR) is 84.7 cm³/mol. The van der Waals surface area contributed by atoms with E-state index in [9.17, 15) is 17.9 Å². The van der Waals surface area contributed by atoms with Gasteiger partial charge in [0.2, 0.25) is 10.0 Å². The first-order valence-corrected chi connectivity index (χ1v) is 8.20.